The Morgan fingerprint density at radius 1 is 1.41 bits per heavy atom. The molecule has 1 aromatic carbocycles. The predicted octanol–water partition coefficient (Wildman–Crippen LogP) is 0.985. The van der Waals surface area contributed by atoms with E-state index in [0.29, 0.717) is 0 Å². The molecule has 1 fully saturated rings. The van der Waals surface area contributed by atoms with Crippen LogP contribution in [-0.2, 0) is 9.59 Å². The summed E-state index contributed by atoms with van der Waals surface area (Å²) in [6.07, 6.45) is 0. The molecule has 1 aromatic rings. The van der Waals surface area contributed by atoms with Gasteiger partial charge in [-0.05, 0) is 31.5 Å². The van der Waals surface area contributed by atoms with E-state index in [1.165, 1.54) is 11.0 Å². The number of aryl methyl sites for hydroxylation is 1. The highest BCUT2D eigenvalue weighted by Crippen LogP contribution is 2.22. The average Bonchev–Trinajstić information content (AvgIpc) is 2.27. The molecule has 90 valence electrons. The quantitative estimate of drug-likeness (QED) is 0.790. The molecule has 17 heavy (non-hydrogen) atoms. The highest BCUT2D eigenvalue weighted by atomic mass is 19.1. The first-order valence-electron chi connectivity index (χ1n) is 5.36. The Labute approximate surface area is 98.4 Å². The summed E-state index contributed by atoms with van der Waals surface area (Å²) in [5.74, 6) is -1.07. The molecule has 2 rings (SSSR count). The number of amides is 2. The van der Waals surface area contributed by atoms with Crippen LogP contribution in [0.4, 0.5) is 10.1 Å². The monoisotopic (exact) mass is 236 g/mol. The van der Waals surface area contributed by atoms with Gasteiger partial charge in [-0.15, -0.1) is 0 Å². The van der Waals surface area contributed by atoms with E-state index in [0.717, 1.165) is 5.56 Å². The molecule has 0 aliphatic carbocycles. The number of halogens is 1. The minimum Gasteiger partial charge on any atom is -0.343 e. The minimum absolute atomic E-state index is 0.135. The van der Waals surface area contributed by atoms with Crippen LogP contribution < -0.4 is 10.2 Å². The van der Waals surface area contributed by atoms with Crippen molar-refractivity contribution < 1.29 is 14.0 Å². The van der Waals surface area contributed by atoms with Gasteiger partial charge in [0.05, 0.1) is 5.69 Å². The van der Waals surface area contributed by atoms with Crippen LogP contribution in [0, 0.1) is 12.7 Å². The Hall–Kier alpha value is -1.91. The molecular formula is C12H13FN2O2. The lowest BCUT2D eigenvalue weighted by molar-refractivity contribution is -0.130. The first-order valence-corrected chi connectivity index (χ1v) is 5.36. The SMILES string of the molecule is Cc1ccc(F)c(N2CC(=O)NC(C)C2=O)c1. The van der Waals surface area contributed by atoms with E-state index in [4.69, 9.17) is 0 Å². The van der Waals surface area contributed by atoms with Crippen molar-refractivity contribution in [2.75, 3.05) is 11.4 Å². The maximum absolute atomic E-state index is 13.7. The summed E-state index contributed by atoms with van der Waals surface area (Å²) in [4.78, 5) is 24.4. The number of anilines is 1. The maximum atomic E-state index is 13.7. The molecule has 0 spiro atoms. The smallest absolute Gasteiger partial charge is 0.249 e. The predicted molar refractivity (Wildman–Crippen MR) is 61.1 cm³/mol. The normalized spacial score (nSPS) is 20.4. The number of carbonyl (C=O) groups is 2. The van der Waals surface area contributed by atoms with Gasteiger partial charge in [0, 0.05) is 0 Å². The standard InChI is InChI=1S/C12H13FN2O2/c1-7-3-4-9(13)10(5-7)15-6-11(16)14-8(2)12(15)17/h3-5,8H,6H2,1-2H3,(H,14,16). The van der Waals surface area contributed by atoms with Gasteiger partial charge < -0.3 is 5.32 Å². The second kappa shape index (κ2) is 4.16. The third kappa shape index (κ3) is 2.13. The number of hydrogen-bond acceptors (Lipinski definition) is 2. The van der Waals surface area contributed by atoms with Crippen molar-refractivity contribution in [3.8, 4) is 0 Å². The van der Waals surface area contributed by atoms with E-state index in [9.17, 15) is 14.0 Å². The number of benzene rings is 1. The van der Waals surface area contributed by atoms with E-state index >= 15 is 0 Å². The van der Waals surface area contributed by atoms with Gasteiger partial charge in [-0.1, -0.05) is 6.07 Å². The van der Waals surface area contributed by atoms with Crippen molar-refractivity contribution in [3.05, 3.63) is 29.6 Å². The summed E-state index contributed by atoms with van der Waals surface area (Å²) in [5.41, 5.74) is 1.00. The minimum atomic E-state index is -0.615. The number of carbonyl (C=O) groups excluding carboxylic acids is 2. The largest absolute Gasteiger partial charge is 0.343 e. The summed E-state index contributed by atoms with van der Waals surface area (Å²) >= 11 is 0. The molecule has 1 unspecified atom stereocenters. The molecule has 0 bridgehead atoms. The molecule has 1 N–H and O–H groups in total. The molecule has 0 aromatic heterocycles. The summed E-state index contributed by atoms with van der Waals surface area (Å²) in [6, 6.07) is 3.88. The zero-order chi connectivity index (χ0) is 12.6. The zero-order valence-electron chi connectivity index (χ0n) is 9.66. The first kappa shape index (κ1) is 11.6. The van der Waals surface area contributed by atoms with Crippen molar-refractivity contribution in [1.29, 1.82) is 0 Å². The number of rotatable bonds is 1. The van der Waals surface area contributed by atoms with E-state index in [1.807, 2.05) is 0 Å². The van der Waals surface area contributed by atoms with Gasteiger partial charge in [0.25, 0.3) is 0 Å². The fourth-order valence-electron chi connectivity index (χ4n) is 1.84. The summed E-state index contributed by atoms with van der Waals surface area (Å²) in [5, 5.41) is 2.51. The lowest BCUT2D eigenvalue weighted by Crippen LogP contribution is -2.57. The highest BCUT2D eigenvalue weighted by Gasteiger charge is 2.31. The van der Waals surface area contributed by atoms with Crippen molar-refractivity contribution in [3.63, 3.8) is 0 Å². The van der Waals surface area contributed by atoms with Crippen molar-refractivity contribution >= 4 is 17.5 Å². The molecule has 0 radical (unpaired) electrons. The summed E-state index contributed by atoms with van der Waals surface area (Å²) in [7, 11) is 0. The van der Waals surface area contributed by atoms with E-state index in [2.05, 4.69) is 5.32 Å². The van der Waals surface area contributed by atoms with Crippen LogP contribution in [0.2, 0.25) is 0 Å². The van der Waals surface area contributed by atoms with Gasteiger partial charge in [0.1, 0.15) is 18.4 Å². The third-order valence-corrected chi connectivity index (χ3v) is 2.71. The summed E-state index contributed by atoms with van der Waals surface area (Å²) in [6.45, 7) is 3.25. The van der Waals surface area contributed by atoms with Crippen molar-refractivity contribution in [2.24, 2.45) is 0 Å². The Kier molecular flexibility index (Phi) is 2.83. The first-order chi connectivity index (χ1) is 7.99. The Morgan fingerprint density at radius 2 is 2.12 bits per heavy atom. The second-order valence-corrected chi connectivity index (χ2v) is 4.17. The Balaban J connectivity index is 2.41. The van der Waals surface area contributed by atoms with E-state index < -0.39 is 11.9 Å². The fourth-order valence-corrected chi connectivity index (χ4v) is 1.84. The fraction of sp³-hybridized carbons (Fsp3) is 0.333. The number of hydrogen-bond donors (Lipinski definition) is 1. The van der Waals surface area contributed by atoms with Crippen LogP contribution in [0.1, 0.15) is 12.5 Å². The van der Waals surface area contributed by atoms with Crippen molar-refractivity contribution in [1.82, 2.24) is 5.32 Å². The van der Waals surface area contributed by atoms with Gasteiger partial charge in [0.15, 0.2) is 0 Å². The Morgan fingerprint density at radius 3 is 2.82 bits per heavy atom. The molecule has 1 heterocycles. The maximum Gasteiger partial charge on any atom is 0.249 e. The molecule has 4 nitrogen and oxygen atoms in total. The molecular weight excluding hydrogens is 223 g/mol. The molecule has 0 saturated carbocycles. The molecule has 1 aliphatic heterocycles. The van der Waals surface area contributed by atoms with Crippen LogP contribution in [0.15, 0.2) is 18.2 Å². The molecule has 2 amide bonds. The van der Waals surface area contributed by atoms with Gasteiger partial charge >= 0.3 is 0 Å². The van der Waals surface area contributed by atoms with Crippen molar-refractivity contribution in [2.45, 2.75) is 19.9 Å². The van der Waals surface area contributed by atoms with Gasteiger partial charge in [-0.25, -0.2) is 4.39 Å². The van der Waals surface area contributed by atoms with Crippen LogP contribution >= 0.6 is 0 Å². The molecule has 1 atom stereocenters. The average molecular weight is 236 g/mol. The van der Waals surface area contributed by atoms with Crippen LogP contribution in [0.5, 0.6) is 0 Å². The van der Waals surface area contributed by atoms with E-state index in [1.54, 1.807) is 26.0 Å². The topological polar surface area (TPSA) is 49.4 Å². The third-order valence-electron chi connectivity index (χ3n) is 2.71. The summed E-state index contributed by atoms with van der Waals surface area (Å²) < 4.78 is 13.7. The van der Waals surface area contributed by atoms with E-state index in [-0.39, 0.29) is 24.0 Å². The molecule has 1 aliphatic rings. The number of nitrogens with zero attached hydrogens (tertiary/aromatic N) is 1. The zero-order valence-corrected chi connectivity index (χ0v) is 9.66. The second-order valence-electron chi connectivity index (χ2n) is 4.17. The molecule has 1 saturated heterocycles. The Bertz CT molecular complexity index is 487. The molecule has 5 heteroatoms. The van der Waals surface area contributed by atoms with Crippen LogP contribution in [-0.4, -0.2) is 24.4 Å². The number of nitrogens with one attached hydrogen (secondary N) is 1. The number of piperazine rings is 1. The van der Waals surface area contributed by atoms with Crippen LogP contribution in [0.3, 0.4) is 0 Å². The lowest BCUT2D eigenvalue weighted by Gasteiger charge is -2.31. The highest BCUT2D eigenvalue weighted by molar-refractivity contribution is 6.06. The lowest BCUT2D eigenvalue weighted by atomic mass is 10.1. The van der Waals surface area contributed by atoms with Gasteiger partial charge in [-0.3, -0.25) is 14.5 Å². The van der Waals surface area contributed by atoms with Gasteiger partial charge in [0.2, 0.25) is 11.8 Å². The van der Waals surface area contributed by atoms with Gasteiger partial charge in [-0.2, -0.15) is 0 Å². The van der Waals surface area contributed by atoms with Crippen LogP contribution in [0.25, 0.3) is 0 Å².